The van der Waals surface area contributed by atoms with Crippen LogP contribution >= 0.6 is 0 Å². The molecule has 6 nitrogen and oxygen atoms in total. The number of carboxylic acid groups (broad SMARTS) is 1. The number of carbonyl (C=O) groups is 1. The van der Waals surface area contributed by atoms with Crippen molar-refractivity contribution in [3.05, 3.63) is 42.0 Å². The zero-order valence-electron chi connectivity index (χ0n) is 11.4. The van der Waals surface area contributed by atoms with Crippen LogP contribution in [-0.4, -0.2) is 34.3 Å². The highest BCUT2D eigenvalue weighted by Crippen LogP contribution is 2.31. The molecule has 0 bridgehead atoms. The van der Waals surface area contributed by atoms with Crippen molar-refractivity contribution in [3.63, 3.8) is 0 Å². The van der Waals surface area contributed by atoms with Crippen molar-refractivity contribution in [2.24, 2.45) is 0 Å². The second kappa shape index (κ2) is 6.10. The first-order valence-electron chi connectivity index (χ1n) is 6.14. The molecule has 1 N–H and O–H groups in total. The third kappa shape index (κ3) is 2.90. The summed E-state index contributed by atoms with van der Waals surface area (Å²) < 4.78 is 12.7. The Kier molecular flexibility index (Phi) is 4.24. The quantitative estimate of drug-likeness (QED) is 0.873. The first-order valence-corrected chi connectivity index (χ1v) is 6.14. The molecule has 0 fully saturated rings. The standard InChI is InChI=1S/C14H16N2O4/c1-10-15-6-7-16(10)8-9-20-13-11(14(17)18)4-3-5-12(13)19-2/h3-7H,8-9H2,1-2H3,(H,17,18). The molecule has 20 heavy (non-hydrogen) atoms. The van der Waals surface area contributed by atoms with E-state index in [0.29, 0.717) is 18.9 Å². The van der Waals surface area contributed by atoms with Crippen LogP contribution in [0.15, 0.2) is 30.6 Å². The third-order valence-electron chi connectivity index (χ3n) is 2.93. The highest BCUT2D eigenvalue weighted by atomic mass is 16.5. The minimum Gasteiger partial charge on any atom is -0.493 e. The summed E-state index contributed by atoms with van der Waals surface area (Å²) in [5.41, 5.74) is 0.0895. The molecule has 0 aliphatic heterocycles. The Balaban J connectivity index is 2.12. The summed E-state index contributed by atoms with van der Waals surface area (Å²) >= 11 is 0. The number of imidazole rings is 1. The van der Waals surface area contributed by atoms with E-state index in [4.69, 9.17) is 14.6 Å². The van der Waals surface area contributed by atoms with Crippen LogP contribution in [0.1, 0.15) is 16.2 Å². The van der Waals surface area contributed by atoms with E-state index in [1.54, 1.807) is 18.3 Å². The van der Waals surface area contributed by atoms with E-state index in [2.05, 4.69) is 4.98 Å². The van der Waals surface area contributed by atoms with Gasteiger partial charge in [-0.15, -0.1) is 0 Å². The van der Waals surface area contributed by atoms with Crippen LogP contribution in [0.2, 0.25) is 0 Å². The van der Waals surface area contributed by atoms with Gasteiger partial charge in [0.15, 0.2) is 11.5 Å². The number of para-hydroxylation sites is 1. The molecule has 6 heteroatoms. The Morgan fingerprint density at radius 1 is 1.45 bits per heavy atom. The van der Waals surface area contributed by atoms with Crippen molar-refractivity contribution in [1.29, 1.82) is 0 Å². The van der Waals surface area contributed by atoms with Crippen LogP contribution in [0.4, 0.5) is 0 Å². The minimum atomic E-state index is -1.04. The van der Waals surface area contributed by atoms with Gasteiger partial charge in [-0.2, -0.15) is 0 Å². The highest BCUT2D eigenvalue weighted by molar-refractivity contribution is 5.92. The molecular weight excluding hydrogens is 260 g/mol. The number of methoxy groups -OCH3 is 1. The SMILES string of the molecule is COc1cccc(C(=O)O)c1OCCn1ccnc1C. The Morgan fingerprint density at radius 2 is 2.25 bits per heavy atom. The first-order chi connectivity index (χ1) is 9.63. The summed E-state index contributed by atoms with van der Waals surface area (Å²) in [4.78, 5) is 15.3. The summed E-state index contributed by atoms with van der Waals surface area (Å²) in [5.74, 6) is 0.498. The lowest BCUT2D eigenvalue weighted by Gasteiger charge is -2.13. The van der Waals surface area contributed by atoms with Crippen LogP contribution in [0.3, 0.4) is 0 Å². The van der Waals surface area contributed by atoms with Gasteiger partial charge in [-0.3, -0.25) is 0 Å². The molecule has 0 unspecified atom stereocenters. The number of rotatable bonds is 6. The molecule has 1 aromatic heterocycles. The van der Waals surface area contributed by atoms with Gasteiger partial charge in [0.2, 0.25) is 0 Å². The number of ether oxygens (including phenoxy) is 2. The molecule has 1 aromatic carbocycles. The normalized spacial score (nSPS) is 10.3. The topological polar surface area (TPSA) is 73.6 Å². The van der Waals surface area contributed by atoms with E-state index in [-0.39, 0.29) is 11.3 Å². The van der Waals surface area contributed by atoms with E-state index >= 15 is 0 Å². The number of aromatic nitrogens is 2. The zero-order valence-corrected chi connectivity index (χ0v) is 11.4. The second-order valence-corrected chi connectivity index (χ2v) is 4.16. The van der Waals surface area contributed by atoms with E-state index in [1.165, 1.54) is 13.2 Å². The third-order valence-corrected chi connectivity index (χ3v) is 2.93. The molecule has 0 saturated heterocycles. The van der Waals surface area contributed by atoms with Gasteiger partial charge in [0.1, 0.15) is 18.0 Å². The van der Waals surface area contributed by atoms with Crippen LogP contribution < -0.4 is 9.47 Å². The Hall–Kier alpha value is -2.50. The smallest absolute Gasteiger partial charge is 0.339 e. The van der Waals surface area contributed by atoms with Crippen molar-refractivity contribution in [2.75, 3.05) is 13.7 Å². The zero-order chi connectivity index (χ0) is 14.5. The number of benzene rings is 1. The van der Waals surface area contributed by atoms with E-state index in [1.807, 2.05) is 17.7 Å². The minimum absolute atomic E-state index is 0.0895. The molecular formula is C14H16N2O4. The van der Waals surface area contributed by atoms with Crippen molar-refractivity contribution < 1.29 is 19.4 Å². The maximum Gasteiger partial charge on any atom is 0.339 e. The summed E-state index contributed by atoms with van der Waals surface area (Å²) in [6, 6.07) is 4.78. The van der Waals surface area contributed by atoms with Gasteiger partial charge in [-0.25, -0.2) is 9.78 Å². The molecule has 0 saturated carbocycles. The van der Waals surface area contributed by atoms with Crippen LogP contribution in [0, 0.1) is 6.92 Å². The maximum atomic E-state index is 11.2. The lowest BCUT2D eigenvalue weighted by Crippen LogP contribution is -2.11. The first kappa shape index (κ1) is 13.9. The molecule has 0 amide bonds. The summed E-state index contributed by atoms with van der Waals surface area (Å²) in [6.45, 7) is 2.81. The fraction of sp³-hybridized carbons (Fsp3) is 0.286. The Morgan fingerprint density at radius 3 is 2.85 bits per heavy atom. The summed E-state index contributed by atoms with van der Waals surface area (Å²) in [5, 5.41) is 9.16. The lowest BCUT2D eigenvalue weighted by atomic mass is 10.2. The molecule has 1 heterocycles. The summed E-state index contributed by atoms with van der Waals surface area (Å²) in [7, 11) is 1.48. The number of hydrogen-bond acceptors (Lipinski definition) is 4. The van der Waals surface area contributed by atoms with Gasteiger partial charge in [-0.1, -0.05) is 6.07 Å². The average Bonchev–Trinajstić information content (AvgIpc) is 2.84. The molecule has 0 atom stereocenters. The van der Waals surface area contributed by atoms with Crippen LogP contribution in [0.25, 0.3) is 0 Å². The monoisotopic (exact) mass is 276 g/mol. The predicted octanol–water partition coefficient (Wildman–Crippen LogP) is 1.98. The molecule has 106 valence electrons. The Labute approximate surface area is 116 Å². The number of hydrogen-bond donors (Lipinski definition) is 1. The Bertz CT molecular complexity index is 607. The average molecular weight is 276 g/mol. The molecule has 0 radical (unpaired) electrons. The lowest BCUT2D eigenvalue weighted by molar-refractivity contribution is 0.0691. The number of nitrogens with zero attached hydrogens (tertiary/aromatic N) is 2. The molecule has 2 aromatic rings. The van der Waals surface area contributed by atoms with E-state index in [9.17, 15) is 4.79 Å². The van der Waals surface area contributed by atoms with Crippen molar-refractivity contribution in [3.8, 4) is 11.5 Å². The molecule has 0 aliphatic carbocycles. The maximum absolute atomic E-state index is 11.2. The van der Waals surface area contributed by atoms with Crippen LogP contribution in [-0.2, 0) is 6.54 Å². The van der Waals surface area contributed by atoms with E-state index < -0.39 is 5.97 Å². The predicted molar refractivity (Wildman–Crippen MR) is 72.4 cm³/mol. The van der Waals surface area contributed by atoms with Crippen molar-refractivity contribution >= 4 is 5.97 Å². The van der Waals surface area contributed by atoms with Gasteiger partial charge >= 0.3 is 5.97 Å². The fourth-order valence-electron chi connectivity index (χ4n) is 1.88. The number of carboxylic acids is 1. The molecule has 0 spiro atoms. The molecule has 2 rings (SSSR count). The van der Waals surface area contributed by atoms with Crippen LogP contribution in [0.5, 0.6) is 11.5 Å². The molecule has 0 aliphatic rings. The summed E-state index contributed by atoms with van der Waals surface area (Å²) in [6.07, 6.45) is 3.56. The highest BCUT2D eigenvalue weighted by Gasteiger charge is 2.16. The van der Waals surface area contributed by atoms with Crippen molar-refractivity contribution in [1.82, 2.24) is 9.55 Å². The van der Waals surface area contributed by atoms with E-state index in [0.717, 1.165) is 5.82 Å². The second-order valence-electron chi connectivity index (χ2n) is 4.16. The van der Waals surface area contributed by atoms with Gasteiger partial charge in [0, 0.05) is 12.4 Å². The van der Waals surface area contributed by atoms with Gasteiger partial charge < -0.3 is 19.1 Å². The van der Waals surface area contributed by atoms with Crippen molar-refractivity contribution in [2.45, 2.75) is 13.5 Å². The largest absolute Gasteiger partial charge is 0.493 e. The van der Waals surface area contributed by atoms with Gasteiger partial charge in [0.05, 0.1) is 13.7 Å². The number of aryl methyl sites for hydroxylation is 1. The van der Waals surface area contributed by atoms with Gasteiger partial charge in [0.25, 0.3) is 0 Å². The van der Waals surface area contributed by atoms with Gasteiger partial charge in [-0.05, 0) is 19.1 Å². The number of aromatic carboxylic acids is 1. The fourth-order valence-corrected chi connectivity index (χ4v) is 1.88.